The molecule has 1 fully saturated rings. The number of piperidine rings is 1. The van der Waals surface area contributed by atoms with Crippen molar-refractivity contribution in [2.24, 2.45) is 5.92 Å². The van der Waals surface area contributed by atoms with Crippen LogP contribution in [0.2, 0.25) is 0 Å². The number of methoxy groups -OCH3 is 1. The predicted octanol–water partition coefficient (Wildman–Crippen LogP) is 2.78. The molecule has 2 amide bonds. The Balaban J connectivity index is 1.66. The lowest BCUT2D eigenvalue weighted by atomic mass is 9.96. The lowest BCUT2D eigenvalue weighted by Gasteiger charge is -2.31. The van der Waals surface area contributed by atoms with Crippen molar-refractivity contribution in [1.29, 1.82) is 0 Å². The maximum absolute atomic E-state index is 12.6. The molecule has 0 aliphatic carbocycles. The molecule has 1 saturated heterocycles. The largest absolute Gasteiger partial charge is 0.495 e. The number of carbonyl (C=O) groups excluding carboxylic acids is 2. The van der Waals surface area contributed by atoms with Crippen molar-refractivity contribution < 1.29 is 18.7 Å². The number of para-hydroxylation sites is 2. The number of rotatable bonds is 4. The van der Waals surface area contributed by atoms with E-state index in [1.807, 2.05) is 12.1 Å². The molecule has 0 bridgehead atoms. The van der Waals surface area contributed by atoms with Crippen LogP contribution in [-0.2, 0) is 4.79 Å². The normalized spacial score (nSPS) is 17.4. The molecule has 1 aliphatic heterocycles. The van der Waals surface area contributed by atoms with Crippen LogP contribution in [0.25, 0.3) is 0 Å². The minimum absolute atomic E-state index is 0.101. The number of hydrogen-bond donors (Lipinski definition) is 1. The first-order valence-electron chi connectivity index (χ1n) is 7.95. The third kappa shape index (κ3) is 3.42. The molecule has 2 heterocycles. The van der Waals surface area contributed by atoms with Crippen molar-refractivity contribution in [2.45, 2.75) is 12.8 Å². The zero-order chi connectivity index (χ0) is 16.9. The topological polar surface area (TPSA) is 71.8 Å². The summed E-state index contributed by atoms with van der Waals surface area (Å²) in [7, 11) is 1.56. The summed E-state index contributed by atoms with van der Waals surface area (Å²) in [6.45, 7) is 1.03. The molecule has 1 aromatic carbocycles. The first-order chi connectivity index (χ1) is 11.7. The summed E-state index contributed by atoms with van der Waals surface area (Å²) in [5, 5.41) is 2.90. The van der Waals surface area contributed by atoms with E-state index in [2.05, 4.69) is 5.32 Å². The second-order valence-electron chi connectivity index (χ2n) is 5.76. The smallest absolute Gasteiger partial charge is 0.289 e. The van der Waals surface area contributed by atoms with Crippen LogP contribution in [0.4, 0.5) is 5.69 Å². The van der Waals surface area contributed by atoms with Gasteiger partial charge in [0.2, 0.25) is 5.91 Å². The van der Waals surface area contributed by atoms with Crippen molar-refractivity contribution in [1.82, 2.24) is 4.90 Å². The summed E-state index contributed by atoms with van der Waals surface area (Å²) < 4.78 is 10.4. The molecule has 0 unspecified atom stereocenters. The van der Waals surface area contributed by atoms with Crippen molar-refractivity contribution in [3.63, 3.8) is 0 Å². The number of nitrogens with one attached hydrogen (secondary N) is 1. The average molecular weight is 328 g/mol. The molecule has 24 heavy (non-hydrogen) atoms. The van der Waals surface area contributed by atoms with Gasteiger partial charge in [-0.1, -0.05) is 12.1 Å². The van der Waals surface area contributed by atoms with Crippen molar-refractivity contribution >= 4 is 17.5 Å². The fourth-order valence-corrected chi connectivity index (χ4v) is 2.91. The molecule has 6 heteroatoms. The monoisotopic (exact) mass is 328 g/mol. The van der Waals surface area contributed by atoms with Gasteiger partial charge in [-0.15, -0.1) is 0 Å². The van der Waals surface area contributed by atoms with E-state index >= 15 is 0 Å². The second kappa shape index (κ2) is 7.21. The third-order valence-corrected chi connectivity index (χ3v) is 4.18. The van der Waals surface area contributed by atoms with E-state index < -0.39 is 0 Å². The Morgan fingerprint density at radius 1 is 1.25 bits per heavy atom. The summed E-state index contributed by atoms with van der Waals surface area (Å²) >= 11 is 0. The highest BCUT2D eigenvalue weighted by Crippen LogP contribution is 2.25. The van der Waals surface area contributed by atoms with Crippen LogP contribution < -0.4 is 10.1 Å². The lowest BCUT2D eigenvalue weighted by molar-refractivity contribution is -0.121. The van der Waals surface area contributed by atoms with E-state index in [-0.39, 0.29) is 17.7 Å². The molecule has 0 saturated carbocycles. The molecule has 1 N–H and O–H groups in total. The van der Waals surface area contributed by atoms with Crippen molar-refractivity contribution in [3.05, 3.63) is 48.4 Å². The number of carbonyl (C=O) groups is 2. The zero-order valence-electron chi connectivity index (χ0n) is 13.5. The van der Waals surface area contributed by atoms with Crippen LogP contribution >= 0.6 is 0 Å². The van der Waals surface area contributed by atoms with Gasteiger partial charge in [-0.05, 0) is 37.1 Å². The SMILES string of the molecule is COc1ccccc1NC(=O)[C@@H]1CCCN(C(=O)c2ccco2)C1. The molecule has 0 spiro atoms. The Bertz CT molecular complexity index is 712. The van der Waals surface area contributed by atoms with Gasteiger partial charge in [0.05, 0.1) is 25.0 Å². The Morgan fingerprint density at radius 3 is 2.83 bits per heavy atom. The van der Waals surface area contributed by atoms with Crippen LogP contribution in [0.3, 0.4) is 0 Å². The maximum Gasteiger partial charge on any atom is 0.289 e. The van der Waals surface area contributed by atoms with Gasteiger partial charge in [-0.25, -0.2) is 0 Å². The molecule has 0 radical (unpaired) electrons. The van der Waals surface area contributed by atoms with E-state index in [0.29, 0.717) is 30.3 Å². The average Bonchev–Trinajstić information content (AvgIpc) is 3.16. The summed E-state index contributed by atoms with van der Waals surface area (Å²) in [5.74, 6) is 0.403. The Morgan fingerprint density at radius 2 is 2.08 bits per heavy atom. The lowest BCUT2D eigenvalue weighted by Crippen LogP contribution is -2.43. The van der Waals surface area contributed by atoms with Gasteiger partial charge < -0.3 is 19.4 Å². The third-order valence-electron chi connectivity index (χ3n) is 4.18. The van der Waals surface area contributed by atoms with Gasteiger partial charge in [-0.2, -0.15) is 0 Å². The Labute approximate surface area is 140 Å². The van der Waals surface area contributed by atoms with Gasteiger partial charge >= 0.3 is 0 Å². The molecular weight excluding hydrogens is 308 g/mol. The number of likely N-dealkylation sites (tertiary alicyclic amines) is 1. The first-order valence-corrected chi connectivity index (χ1v) is 7.95. The van der Waals surface area contributed by atoms with Crippen molar-refractivity contribution in [3.8, 4) is 5.75 Å². The molecular formula is C18H20N2O4. The summed E-state index contributed by atoms with van der Waals surface area (Å²) in [6.07, 6.45) is 3.02. The molecule has 1 atom stereocenters. The minimum atomic E-state index is -0.248. The van der Waals surface area contributed by atoms with E-state index in [4.69, 9.17) is 9.15 Å². The minimum Gasteiger partial charge on any atom is -0.495 e. The van der Waals surface area contributed by atoms with Crippen LogP contribution in [0.1, 0.15) is 23.4 Å². The van der Waals surface area contributed by atoms with Gasteiger partial charge in [0.25, 0.3) is 5.91 Å². The highest BCUT2D eigenvalue weighted by atomic mass is 16.5. The van der Waals surface area contributed by atoms with Crippen LogP contribution in [0.5, 0.6) is 5.75 Å². The van der Waals surface area contributed by atoms with Gasteiger partial charge in [0, 0.05) is 13.1 Å². The molecule has 126 valence electrons. The van der Waals surface area contributed by atoms with Crippen molar-refractivity contribution in [2.75, 3.05) is 25.5 Å². The van der Waals surface area contributed by atoms with E-state index in [9.17, 15) is 9.59 Å². The number of amides is 2. The first kappa shape index (κ1) is 16.1. The molecule has 2 aromatic rings. The molecule has 6 nitrogen and oxygen atoms in total. The summed E-state index contributed by atoms with van der Waals surface area (Å²) in [6, 6.07) is 10.6. The predicted molar refractivity (Wildman–Crippen MR) is 89.0 cm³/mol. The molecule has 1 aliphatic rings. The number of nitrogens with zero attached hydrogens (tertiary/aromatic N) is 1. The van der Waals surface area contributed by atoms with Crippen LogP contribution in [0.15, 0.2) is 47.1 Å². The number of benzene rings is 1. The van der Waals surface area contributed by atoms with E-state index in [1.165, 1.54) is 6.26 Å². The number of ether oxygens (including phenoxy) is 1. The summed E-state index contributed by atoms with van der Waals surface area (Å²) in [5.41, 5.74) is 0.638. The fourth-order valence-electron chi connectivity index (χ4n) is 2.91. The van der Waals surface area contributed by atoms with Crippen LogP contribution in [0, 0.1) is 5.92 Å². The van der Waals surface area contributed by atoms with Crippen LogP contribution in [-0.4, -0.2) is 36.9 Å². The highest BCUT2D eigenvalue weighted by Gasteiger charge is 2.30. The van der Waals surface area contributed by atoms with E-state index in [0.717, 1.165) is 12.8 Å². The zero-order valence-corrected chi connectivity index (χ0v) is 13.5. The second-order valence-corrected chi connectivity index (χ2v) is 5.76. The Hall–Kier alpha value is -2.76. The standard InChI is InChI=1S/C18H20N2O4/c1-23-15-8-3-2-7-14(15)19-17(21)13-6-4-10-20(12-13)18(22)16-9-5-11-24-16/h2-3,5,7-9,11,13H,4,6,10,12H2,1H3,(H,19,21)/t13-/m1/s1. The summed E-state index contributed by atoms with van der Waals surface area (Å²) in [4.78, 5) is 26.6. The number of hydrogen-bond acceptors (Lipinski definition) is 4. The fraction of sp³-hybridized carbons (Fsp3) is 0.333. The van der Waals surface area contributed by atoms with E-state index in [1.54, 1.807) is 36.3 Å². The quantitative estimate of drug-likeness (QED) is 0.937. The molecule has 3 rings (SSSR count). The van der Waals surface area contributed by atoms with Gasteiger partial charge in [-0.3, -0.25) is 9.59 Å². The van der Waals surface area contributed by atoms with Gasteiger partial charge in [0.1, 0.15) is 5.75 Å². The number of furan rings is 1. The Kier molecular flexibility index (Phi) is 4.84. The maximum atomic E-state index is 12.6. The van der Waals surface area contributed by atoms with Gasteiger partial charge in [0.15, 0.2) is 5.76 Å². The number of anilines is 1. The highest BCUT2D eigenvalue weighted by molar-refractivity contribution is 5.95. The molecule has 1 aromatic heterocycles.